The van der Waals surface area contributed by atoms with Gasteiger partial charge in [0.1, 0.15) is 7.85 Å². The predicted octanol–water partition coefficient (Wildman–Crippen LogP) is -4.81. The van der Waals surface area contributed by atoms with E-state index < -0.39 is 13.0 Å². The summed E-state index contributed by atoms with van der Waals surface area (Å²) >= 11 is 0. The highest BCUT2D eigenvalue weighted by molar-refractivity contribution is 7.52. The number of hydrogen-bond acceptors (Lipinski definition) is 0. The van der Waals surface area contributed by atoms with Gasteiger partial charge in [-0.2, -0.15) is 0 Å². The van der Waals surface area contributed by atoms with E-state index in [1.54, 1.807) is 0 Å². The molecule has 0 saturated heterocycles. The second-order valence-corrected chi connectivity index (χ2v) is 4.32. The maximum atomic E-state index is 6.04. The van der Waals surface area contributed by atoms with Crippen molar-refractivity contribution in [2.45, 2.75) is 13.8 Å². The molecule has 0 nitrogen and oxygen atoms in total. The van der Waals surface area contributed by atoms with Gasteiger partial charge in [0, 0.05) is 45.7 Å². The average Bonchev–Trinajstić information content (AvgIpc) is 2.34. The van der Waals surface area contributed by atoms with E-state index in [-0.39, 0.29) is 0 Å². The van der Waals surface area contributed by atoms with Crippen LogP contribution < -0.4 is 21.9 Å². The fraction of sp³-hybridized carbons (Fsp3) is 0.250. The smallest absolute Gasteiger partial charge is 0.113 e. The second-order valence-electron chi connectivity index (χ2n) is 4.32. The Morgan fingerprint density at radius 3 is 1.89 bits per heavy atom. The minimum absolute atomic E-state index is 0.465. The van der Waals surface area contributed by atoms with Crippen molar-refractivity contribution in [3.05, 3.63) is 11.1 Å². The van der Waals surface area contributed by atoms with Gasteiger partial charge in [-0.25, -0.2) is 0 Å². The maximum Gasteiger partial charge on any atom is 0.113 e. The molecule has 0 spiro atoms. The lowest BCUT2D eigenvalue weighted by atomic mass is 9.00. The quantitative estimate of drug-likeness (QED) is 0.438. The van der Waals surface area contributed by atoms with Gasteiger partial charge in [0.25, 0.3) is 0 Å². The maximum absolute atomic E-state index is 6.04. The summed E-state index contributed by atoms with van der Waals surface area (Å²) in [6.45, 7) is 2.63. The molecule has 0 saturated carbocycles. The van der Waals surface area contributed by atoms with Crippen LogP contribution in [-0.2, 0) is 0 Å². The Morgan fingerprint density at radius 2 is 1.50 bits per heavy atom. The first kappa shape index (κ1) is 15.9. The molecule has 0 unspecified atom stereocenters. The Balaban J connectivity index is 3.71. The van der Waals surface area contributed by atoms with Crippen molar-refractivity contribution < 1.29 is 0 Å². The molecular formula is C8H6B10. The summed E-state index contributed by atoms with van der Waals surface area (Å²) in [6, 6.07) is 0. The fourth-order valence-electron chi connectivity index (χ4n) is 2.16. The predicted molar refractivity (Wildman–Crippen MR) is 92.0 cm³/mol. The molecule has 0 aliphatic carbocycles. The molecule has 0 amide bonds. The van der Waals surface area contributed by atoms with E-state index in [0.717, 1.165) is 16.6 Å². The standard InChI is InChI=1S/C8H6B10/c1-3-4(2)7(18(14)16-11)8(17(12)13)6(15-10)5(3)9/h1-2H3. The lowest BCUT2D eigenvalue weighted by Gasteiger charge is -2.28. The summed E-state index contributed by atoms with van der Waals surface area (Å²) in [7, 11) is 37.6. The first-order valence-electron chi connectivity index (χ1n) is 5.65. The van der Waals surface area contributed by atoms with Crippen LogP contribution in [0.5, 0.6) is 0 Å². The molecular weight excluding hydrogens is 204 g/mol. The third kappa shape index (κ3) is 2.73. The van der Waals surface area contributed by atoms with Gasteiger partial charge in [-0.3, -0.25) is 0 Å². The fourth-order valence-corrected chi connectivity index (χ4v) is 2.16. The van der Waals surface area contributed by atoms with Crippen LogP contribution in [0.4, 0.5) is 0 Å². The average molecular weight is 210 g/mol. The normalized spacial score (nSPS) is 9.89. The lowest BCUT2D eigenvalue weighted by molar-refractivity contribution is 1.41. The second kappa shape index (κ2) is 6.35. The molecule has 68 valence electrons. The van der Waals surface area contributed by atoms with Gasteiger partial charge in [0.15, 0.2) is 0 Å². The molecule has 0 bridgehead atoms. The zero-order valence-electron chi connectivity index (χ0n) is 10.8. The van der Waals surface area contributed by atoms with Crippen molar-refractivity contribution in [2.24, 2.45) is 0 Å². The van der Waals surface area contributed by atoms with E-state index in [2.05, 4.69) is 0 Å². The Labute approximate surface area is 121 Å². The van der Waals surface area contributed by atoms with E-state index in [1.165, 1.54) is 14.2 Å². The van der Waals surface area contributed by atoms with E-state index in [4.69, 9.17) is 46.5 Å². The Kier molecular flexibility index (Phi) is 5.62. The number of benzene rings is 1. The summed E-state index contributed by atoms with van der Waals surface area (Å²) in [5, 5.41) is 0. The molecule has 0 aromatic heterocycles. The number of hydrogen-bond donors (Lipinski definition) is 0. The van der Waals surface area contributed by atoms with Crippen molar-refractivity contribution >= 4 is 95.6 Å². The van der Waals surface area contributed by atoms with Gasteiger partial charge in [0.05, 0.1) is 20.2 Å². The van der Waals surface area contributed by atoms with Gasteiger partial charge in [0.2, 0.25) is 0 Å². The monoisotopic (exact) mass is 212 g/mol. The molecule has 10 heteroatoms. The van der Waals surface area contributed by atoms with E-state index >= 15 is 0 Å². The van der Waals surface area contributed by atoms with Crippen molar-refractivity contribution in [1.29, 1.82) is 0 Å². The SMILES string of the molecule is [B][B]B([B])c1c(C)c(C)c([B])c([B][B])c1B([B])[B]. The lowest BCUT2D eigenvalue weighted by Crippen LogP contribution is -2.65. The molecule has 14 radical (unpaired) electrons. The van der Waals surface area contributed by atoms with E-state index in [9.17, 15) is 0 Å². The molecule has 1 rings (SSSR count). The van der Waals surface area contributed by atoms with Crippen LogP contribution in [0.1, 0.15) is 11.1 Å². The summed E-state index contributed by atoms with van der Waals surface area (Å²) < 4.78 is 0. The first-order chi connectivity index (χ1) is 8.36. The third-order valence-electron chi connectivity index (χ3n) is 3.28. The molecule has 0 atom stereocenters. The summed E-state index contributed by atoms with van der Waals surface area (Å²) in [4.78, 5) is 0. The highest BCUT2D eigenvalue weighted by Gasteiger charge is 2.21. The third-order valence-corrected chi connectivity index (χ3v) is 3.28. The Bertz CT molecular complexity index is 442. The van der Waals surface area contributed by atoms with Crippen LogP contribution in [0.15, 0.2) is 0 Å². The minimum atomic E-state index is -0.720. The van der Waals surface area contributed by atoms with Crippen LogP contribution in [0.3, 0.4) is 0 Å². The molecule has 0 N–H and O–H groups in total. The first-order valence-corrected chi connectivity index (χ1v) is 5.65. The number of rotatable bonds is 4. The zero-order chi connectivity index (χ0) is 14.0. The molecule has 1 aromatic carbocycles. The van der Waals surface area contributed by atoms with Crippen molar-refractivity contribution in [1.82, 2.24) is 0 Å². The summed E-state index contributed by atoms with van der Waals surface area (Å²) in [5.41, 5.74) is 4.47. The van der Waals surface area contributed by atoms with E-state index in [1.807, 2.05) is 13.8 Å². The van der Waals surface area contributed by atoms with Crippen molar-refractivity contribution in [3.8, 4) is 0 Å². The van der Waals surface area contributed by atoms with Crippen molar-refractivity contribution in [2.75, 3.05) is 0 Å². The van der Waals surface area contributed by atoms with Crippen LogP contribution in [-0.4, -0.2) is 73.8 Å². The van der Waals surface area contributed by atoms with Gasteiger partial charge in [-0.15, -0.1) is 21.9 Å². The van der Waals surface area contributed by atoms with E-state index in [0.29, 0.717) is 16.4 Å². The molecule has 0 heterocycles. The molecule has 0 fully saturated rings. The Hall–Kier alpha value is -0.131. The minimum Gasteiger partial charge on any atom is -0.113 e. The summed E-state index contributed by atoms with van der Waals surface area (Å²) in [6.07, 6.45) is 0. The Morgan fingerprint density at radius 1 is 0.944 bits per heavy atom. The highest BCUT2D eigenvalue weighted by Crippen LogP contribution is 1.99. The molecule has 18 heavy (non-hydrogen) atoms. The van der Waals surface area contributed by atoms with Crippen LogP contribution in [0.25, 0.3) is 0 Å². The van der Waals surface area contributed by atoms with Gasteiger partial charge >= 0.3 is 0 Å². The molecule has 1 aromatic rings. The molecule has 0 aliphatic rings. The summed E-state index contributed by atoms with van der Waals surface area (Å²) in [5.74, 6) is 0. The van der Waals surface area contributed by atoms with Crippen LogP contribution in [0, 0.1) is 13.8 Å². The van der Waals surface area contributed by atoms with Crippen LogP contribution >= 0.6 is 0 Å². The van der Waals surface area contributed by atoms with Gasteiger partial charge in [-0.05, 0) is 13.8 Å². The topological polar surface area (TPSA) is 0 Å². The highest BCUT2D eigenvalue weighted by atomic mass is 14.1. The van der Waals surface area contributed by atoms with Gasteiger partial charge in [-0.1, -0.05) is 11.1 Å². The van der Waals surface area contributed by atoms with Crippen molar-refractivity contribution in [3.63, 3.8) is 0 Å². The van der Waals surface area contributed by atoms with Crippen LogP contribution in [0.2, 0.25) is 0 Å². The van der Waals surface area contributed by atoms with Gasteiger partial charge < -0.3 is 0 Å². The largest absolute Gasteiger partial charge is 0.113 e. The molecule has 0 aliphatic heterocycles. The zero-order valence-corrected chi connectivity index (χ0v) is 10.8.